The lowest BCUT2D eigenvalue weighted by atomic mass is 10.2. The number of methoxy groups -OCH3 is 1. The molecule has 0 fully saturated rings. The maximum atomic E-state index is 13.2. The molecule has 2 aromatic rings. The molecule has 124 valence electrons. The van der Waals surface area contributed by atoms with Gasteiger partial charge in [0.2, 0.25) is 6.41 Å². The highest BCUT2D eigenvalue weighted by Crippen LogP contribution is 2.31. The first kappa shape index (κ1) is 17.4. The zero-order valence-corrected chi connectivity index (χ0v) is 13.5. The fourth-order valence-electron chi connectivity index (χ4n) is 1.91. The van der Waals surface area contributed by atoms with Gasteiger partial charge in [-0.05, 0) is 18.2 Å². The van der Waals surface area contributed by atoms with E-state index in [2.05, 4.69) is 27.2 Å². The van der Waals surface area contributed by atoms with Crippen LogP contribution >= 0.6 is 11.6 Å². The molecule has 0 radical (unpaired) electrons. The fraction of sp³-hybridized carbons (Fsp3) is 0.0625. The number of halogens is 2. The third-order valence-electron chi connectivity index (χ3n) is 3.03. The average Bonchev–Trinajstić information content (AvgIpc) is 2.60. The molecule has 6 nitrogen and oxygen atoms in total. The van der Waals surface area contributed by atoms with Crippen molar-refractivity contribution in [3.8, 4) is 5.75 Å². The molecule has 0 saturated carbocycles. The van der Waals surface area contributed by atoms with Crippen molar-refractivity contribution in [1.82, 2.24) is 9.97 Å². The van der Waals surface area contributed by atoms with Crippen LogP contribution < -0.4 is 15.4 Å². The number of carbonyl (C=O) groups is 1. The first-order valence-corrected chi connectivity index (χ1v) is 7.12. The summed E-state index contributed by atoms with van der Waals surface area (Å²) in [7, 11) is 1.49. The lowest BCUT2D eigenvalue weighted by Crippen LogP contribution is -2.00. The molecule has 0 aliphatic heterocycles. The summed E-state index contributed by atoms with van der Waals surface area (Å²) >= 11 is 5.73. The maximum absolute atomic E-state index is 13.2. The number of rotatable bonds is 7. The summed E-state index contributed by atoms with van der Waals surface area (Å²) in [5.74, 6) is 0.287. The van der Waals surface area contributed by atoms with Gasteiger partial charge in [-0.15, -0.1) is 0 Å². The molecule has 0 unspecified atom stereocenters. The van der Waals surface area contributed by atoms with Crippen molar-refractivity contribution in [3.63, 3.8) is 0 Å². The SMILES string of the molecule is C=C/C(F)=C(Cl)\C=C\Nc1ncnc2cc(OC)c(NC=O)cc12. The Kier molecular flexibility index (Phi) is 5.86. The maximum Gasteiger partial charge on any atom is 0.211 e. The molecule has 0 saturated heterocycles. The normalized spacial score (nSPS) is 12.0. The Morgan fingerprint density at radius 1 is 1.38 bits per heavy atom. The van der Waals surface area contributed by atoms with Gasteiger partial charge in [0.15, 0.2) is 0 Å². The van der Waals surface area contributed by atoms with Crippen molar-refractivity contribution in [2.24, 2.45) is 0 Å². The molecule has 0 atom stereocenters. The summed E-state index contributed by atoms with van der Waals surface area (Å²) < 4.78 is 18.4. The van der Waals surface area contributed by atoms with Gasteiger partial charge in [-0.1, -0.05) is 18.2 Å². The fourth-order valence-corrected chi connectivity index (χ4v) is 2.06. The van der Waals surface area contributed by atoms with Crippen LogP contribution in [0.25, 0.3) is 10.9 Å². The summed E-state index contributed by atoms with van der Waals surface area (Å²) in [6.07, 6.45) is 5.69. The van der Waals surface area contributed by atoms with Crippen LogP contribution in [0.5, 0.6) is 5.75 Å². The number of ether oxygens (including phenoxy) is 1. The van der Waals surface area contributed by atoms with E-state index in [0.29, 0.717) is 34.6 Å². The molecular formula is C16H14ClFN4O2. The van der Waals surface area contributed by atoms with Crippen molar-refractivity contribution < 1.29 is 13.9 Å². The smallest absolute Gasteiger partial charge is 0.211 e. The zero-order chi connectivity index (χ0) is 17.5. The second-order valence-corrected chi connectivity index (χ2v) is 4.84. The highest BCUT2D eigenvalue weighted by Gasteiger charge is 2.09. The van der Waals surface area contributed by atoms with E-state index in [4.69, 9.17) is 16.3 Å². The number of amides is 1. The van der Waals surface area contributed by atoms with E-state index in [1.54, 1.807) is 12.1 Å². The van der Waals surface area contributed by atoms with E-state index < -0.39 is 5.83 Å². The molecular weight excluding hydrogens is 335 g/mol. The topological polar surface area (TPSA) is 76.1 Å². The Morgan fingerprint density at radius 2 is 2.17 bits per heavy atom. The van der Waals surface area contributed by atoms with Crippen molar-refractivity contribution in [3.05, 3.63) is 54.3 Å². The summed E-state index contributed by atoms with van der Waals surface area (Å²) in [6.45, 7) is 3.29. The number of carbonyl (C=O) groups excluding carboxylic acids is 1. The number of aromatic nitrogens is 2. The summed E-state index contributed by atoms with van der Waals surface area (Å²) in [6, 6.07) is 3.34. The van der Waals surface area contributed by atoms with Gasteiger partial charge in [0.25, 0.3) is 0 Å². The molecule has 0 aliphatic rings. The van der Waals surface area contributed by atoms with Crippen molar-refractivity contribution >= 4 is 40.4 Å². The molecule has 0 bridgehead atoms. The van der Waals surface area contributed by atoms with Gasteiger partial charge >= 0.3 is 0 Å². The van der Waals surface area contributed by atoms with E-state index in [9.17, 15) is 9.18 Å². The third-order valence-corrected chi connectivity index (χ3v) is 3.33. The lowest BCUT2D eigenvalue weighted by molar-refractivity contribution is -0.105. The number of nitrogens with zero attached hydrogens (tertiary/aromatic N) is 2. The van der Waals surface area contributed by atoms with Gasteiger partial charge in [-0.3, -0.25) is 4.79 Å². The molecule has 1 amide bonds. The van der Waals surface area contributed by atoms with Crippen molar-refractivity contribution in [2.75, 3.05) is 17.7 Å². The number of hydrogen-bond donors (Lipinski definition) is 2. The van der Waals surface area contributed by atoms with Gasteiger partial charge in [0.05, 0.1) is 23.3 Å². The zero-order valence-electron chi connectivity index (χ0n) is 12.7. The third kappa shape index (κ3) is 3.88. The van der Waals surface area contributed by atoms with Crippen molar-refractivity contribution in [1.29, 1.82) is 0 Å². The van der Waals surface area contributed by atoms with Crippen LogP contribution in [0.4, 0.5) is 15.9 Å². The number of nitrogens with one attached hydrogen (secondary N) is 2. The van der Waals surface area contributed by atoms with E-state index in [0.717, 1.165) is 6.08 Å². The van der Waals surface area contributed by atoms with Crippen LogP contribution in [-0.4, -0.2) is 23.5 Å². The molecule has 2 rings (SSSR count). The van der Waals surface area contributed by atoms with Crippen LogP contribution in [0.1, 0.15) is 0 Å². The predicted octanol–water partition coefficient (Wildman–Crippen LogP) is 3.74. The Morgan fingerprint density at radius 3 is 2.83 bits per heavy atom. The van der Waals surface area contributed by atoms with E-state index in [1.165, 1.54) is 25.7 Å². The second kappa shape index (κ2) is 8.07. The minimum Gasteiger partial charge on any atom is -0.494 e. The molecule has 1 aromatic carbocycles. The molecule has 0 aliphatic carbocycles. The molecule has 1 aromatic heterocycles. The van der Waals surface area contributed by atoms with Crippen LogP contribution in [0.15, 0.2) is 54.3 Å². The number of anilines is 2. The number of allylic oxidation sites excluding steroid dienone is 4. The predicted molar refractivity (Wildman–Crippen MR) is 92.7 cm³/mol. The Bertz CT molecular complexity index is 836. The van der Waals surface area contributed by atoms with E-state index >= 15 is 0 Å². The molecule has 1 heterocycles. The first-order valence-electron chi connectivity index (χ1n) is 6.74. The number of fused-ring (bicyclic) bond motifs is 1. The largest absolute Gasteiger partial charge is 0.494 e. The van der Waals surface area contributed by atoms with Crippen LogP contribution in [0.3, 0.4) is 0 Å². The Hall–Kier alpha value is -2.93. The number of benzene rings is 1. The van der Waals surface area contributed by atoms with Gasteiger partial charge in [0, 0.05) is 17.7 Å². The number of hydrogen-bond acceptors (Lipinski definition) is 5. The summed E-state index contributed by atoms with van der Waals surface area (Å²) in [5.41, 5.74) is 1.07. The van der Waals surface area contributed by atoms with Gasteiger partial charge in [-0.25, -0.2) is 14.4 Å². The van der Waals surface area contributed by atoms with Crippen LogP contribution in [0, 0.1) is 0 Å². The highest BCUT2D eigenvalue weighted by molar-refractivity contribution is 6.31. The monoisotopic (exact) mass is 348 g/mol. The Balaban J connectivity index is 2.40. The van der Waals surface area contributed by atoms with Crippen molar-refractivity contribution in [2.45, 2.75) is 0 Å². The summed E-state index contributed by atoms with van der Waals surface area (Å²) in [5, 5.41) is 5.98. The van der Waals surface area contributed by atoms with Gasteiger partial charge < -0.3 is 15.4 Å². The van der Waals surface area contributed by atoms with Gasteiger partial charge in [0.1, 0.15) is 23.7 Å². The van der Waals surface area contributed by atoms with Crippen LogP contribution in [0.2, 0.25) is 0 Å². The molecule has 8 heteroatoms. The lowest BCUT2D eigenvalue weighted by Gasteiger charge is -2.10. The molecule has 2 N–H and O–H groups in total. The highest BCUT2D eigenvalue weighted by atomic mass is 35.5. The first-order chi connectivity index (χ1) is 11.6. The average molecular weight is 349 g/mol. The molecule has 24 heavy (non-hydrogen) atoms. The Labute approximate surface area is 142 Å². The van der Waals surface area contributed by atoms with E-state index in [1.807, 2.05) is 0 Å². The molecule has 0 spiro atoms. The quantitative estimate of drug-likeness (QED) is 0.589. The minimum atomic E-state index is -0.635. The second-order valence-electron chi connectivity index (χ2n) is 4.43. The summed E-state index contributed by atoms with van der Waals surface area (Å²) in [4.78, 5) is 19.0. The standard InChI is InChI=1S/C16H14ClFN4O2/c1-3-12(18)11(17)4-5-19-16-10-6-14(22-9-23)15(24-2)7-13(10)20-8-21-16/h3-9H,1H2,2H3,(H,22,23)(H,19,20,21)/b5-4+,12-11-. The van der Waals surface area contributed by atoms with Crippen LogP contribution in [-0.2, 0) is 4.79 Å². The van der Waals surface area contributed by atoms with E-state index in [-0.39, 0.29) is 5.03 Å². The van der Waals surface area contributed by atoms with Gasteiger partial charge in [-0.2, -0.15) is 0 Å². The minimum absolute atomic E-state index is 0.0964.